The Kier molecular flexibility index (Phi) is 3.49. The summed E-state index contributed by atoms with van der Waals surface area (Å²) in [6, 6.07) is 5.20. The van der Waals surface area contributed by atoms with Gasteiger partial charge >= 0.3 is 0 Å². The number of benzene rings is 1. The SMILES string of the molecule is OC(c1cncc(F)c1)c1cc(F)cc(Br)c1. The summed E-state index contributed by atoms with van der Waals surface area (Å²) in [5.41, 5.74) is 0.617. The molecule has 0 aliphatic heterocycles. The quantitative estimate of drug-likeness (QED) is 0.924. The van der Waals surface area contributed by atoms with E-state index in [4.69, 9.17) is 0 Å². The van der Waals surface area contributed by atoms with Gasteiger partial charge in [-0.3, -0.25) is 4.98 Å². The summed E-state index contributed by atoms with van der Waals surface area (Å²) in [7, 11) is 0. The Morgan fingerprint density at radius 3 is 2.35 bits per heavy atom. The Bertz CT molecular complexity index is 528. The number of rotatable bonds is 2. The zero-order chi connectivity index (χ0) is 12.4. The maximum atomic E-state index is 13.2. The van der Waals surface area contributed by atoms with E-state index in [0.29, 0.717) is 10.0 Å². The highest BCUT2D eigenvalue weighted by atomic mass is 79.9. The molecule has 0 saturated heterocycles. The van der Waals surface area contributed by atoms with E-state index < -0.39 is 17.7 Å². The number of aliphatic hydroxyl groups is 1. The monoisotopic (exact) mass is 299 g/mol. The molecule has 0 amide bonds. The van der Waals surface area contributed by atoms with Crippen molar-refractivity contribution in [3.8, 4) is 0 Å². The van der Waals surface area contributed by atoms with E-state index in [1.807, 2.05) is 0 Å². The Hall–Kier alpha value is -1.33. The van der Waals surface area contributed by atoms with E-state index in [2.05, 4.69) is 20.9 Å². The minimum absolute atomic E-state index is 0.280. The topological polar surface area (TPSA) is 33.1 Å². The fourth-order valence-corrected chi connectivity index (χ4v) is 1.99. The molecular formula is C12H8BrF2NO. The summed E-state index contributed by atoms with van der Waals surface area (Å²) >= 11 is 3.13. The van der Waals surface area contributed by atoms with Crippen molar-refractivity contribution in [1.29, 1.82) is 0 Å². The Balaban J connectivity index is 2.39. The molecule has 2 rings (SSSR count). The predicted octanol–water partition coefficient (Wildman–Crippen LogP) is 3.20. The number of halogens is 3. The first-order valence-electron chi connectivity index (χ1n) is 4.81. The highest BCUT2D eigenvalue weighted by Crippen LogP contribution is 2.25. The average Bonchev–Trinajstić information content (AvgIpc) is 2.26. The molecule has 0 aliphatic carbocycles. The van der Waals surface area contributed by atoms with Crippen molar-refractivity contribution in [1.82, 2.24) is 4.98 Å². The second kappa shape index (κ2) is 4.89. The van der Waals surface area contributed by atoms with Crippen molar-refractivity contribution in [2.45, 2.75) is 6.10 Å². The van der Waals surface area contributed by atoms with Gasteiger partial charge in [0.15, 0.2) is 0 Å². The Morgan fingerprint density at radius 1 is 1.00 bits per heavy atom. The van der Waals surface area contributed by atoms with Crippen LogP contribution in [0.3, 0.4) is 0 Å². The van der Waals surface area contributed by atoms with Gasteiger partial charge in [-0.1, -0.05) is 15.9 Å². The van der Waals surface area contributed by atoms with Crippen molar-refractivity contribution in [2.24, 2.45) is 0 Å². The van der Waals surface area contributed by atoms with Crippen LogP contribution in [0, 0.1) is 11.6 Å². The number of pyridine rings is 1. The minimum atomic E-state index is -1.11. The highest BCUT2D eigenvalue weighted by molar-refractivity contribution is 9.10. The molecule has 1 atom stereocenters. The first-order valence-corrected chi connectivity index (χ1v) is 5.60. The Morgan fingerprint density at radius 2 is 1.71 bits per heavy atom. The molecule has 5 heteroatoms. The van der Waals surface area contributed by atoms with E-state index in [-0.39, 0.29) is 5.56 Å². The van der Waals surface area contributed by atoms with Crippen molar-refractivity contribution in [3.63, 3.8) is 0 Å². The van der Waals surface area contributed by atoms with Gasteiger partial charge in [0.1, 0.15) is 17.7 Å². The van der Waals surface area contributed by atoms with Crippen LogP contribution < -0.4 is 0 Å². The summed E-state index contributed by atoms with van der Waals surface area (Å²) in [4.78, 5) is 3.64. The molecule has 0 fully saturated rings. The summed E-state index contributed by atoms with van der Waals surface area (Å²) in [5.74, 6) is -1.02. The molecule has 0 bridgehead atoms. The molecule has 0 saturated carbocycles. The third-order valence-corrected chi connectivity index (χ3v) is 2.70. The lowest BCUT2D eigenvalue weighted by atomic mass is 10.0. The van der Waals surface area contributed by atoms with Gasteiger partial charge in [-0.2, -0.15) is 0 Å². The van der Waals surface area contributed by atoms with Crippen molar-refractivity contribution in [2.75, 3.05) is 0 Å². The average molecular weight is 300 g/mol. The number of aromatic nitrogens is 1. The van der Waals surface area contributed by atoms with Gasteiger partial charge in [0.05, 0.1) is 6.20 Å². The zero-order valence-electron chi connectivity index (χ0n) is 8.57. The number of nitrogens with zero attached hydrogens (tertiary/aromatic N) is 1. The van der Waals surface area contributed by atoms with Crippen molar-refractivity contribution < 1.29 is 13.9 Å². The lowest BCUT2D eigenvalue weighted by molar-refractivity contribution is 0.218. The molecule has 2 aromatic rings. The fraction of sp³-hybridized carbons (Fsp3) is 0.0833. The van der Waals surface area contributed by atoms with E-state index in [0.717, 1.165) is 12.3 Å². The normalized spacial score (nSPS) is 12.5. The molecule has 1 N–H and O–H groups in total. The second-order valence-corrected chi connectivity index (χ2v) is 4.46. The van der Waals surface area contributed by atoms with Gasteiger partial charge in [-0.25, -0.2) is 8.78 Å². The van der Waals surface area contributed by atoms with Crippen LogP contribution in [0.1, 0.15) is 17.2 Å². The summed E-state index contributed by atoms with van der Waals surface area (Å²) in [6.45, 7) is 0. The van der Waals surface area contributed by atoms with E-state index in [9.17, 15) is 13.9 Å². The van der Waals surface area contributed by atoms with E-state index in [1.54, 1.807) is 6.07 Å². The van der Waals surface area contributed by atoms with Gasteiger partial charge < -0.3 is 5.11 Å². The zero-order valence-corrected chi connectivity index (χ0v) is 10.2. The lowest BCUT2D eigenvalue weighted by Crippen LogP contribution is -2.01. The van der Waals surface area contributed by atoms with Crippen LogP contribution in [0.4, 0.5) is 8.78 Å². The number of aliphatic hydroxyl groups excluding tert-OH is 1. The third kappa shape index (κ3) is 2.87. The molecule has 0 aliphatic rings. The smallest absolute Gasteiger partial charge is 0.141 e. The summed E-state index contributed by atoms with van der Waals surface area (Å²) in [5, 5.41) is 9.97. The van der Waals surface area contributed by atoms with Crippen LogP contribution >= 0.6 is 15.9 Å². The molecule has 2 nitrogen and oxygen atoms in total. The molecule has 1 aromatic heterocycles. The molecule has 88 valence electrons. The molecule has 0 radical (unpaired) electrons. The third-order valence-electron chi connectivity index (χ3n) is 2.24. The highest BCUT2D eigenvalue weighted by Gasteiger charge is 2.13. The predicted molar refractivity (Wildman–Crippen MR) is 62.4 cm³/mol. The summed E-state index contributed by atoms with van der Waals surface area (Å²) in [6.07, 6.45) is 1.27. The maximum Gasteiger partial charge on any atom is 0.141 e. The largest absolute Gasteiger partial charge is 0.384 e. The second-order valence-electron chi connectivity index (χ2n) is 3.54. The van der Waals surface area contributed by atoms with E-state index in [1.165, 1.54) is 18.3 Å². The Labute approximate surface area is 105 Å². The first-order chi connectivity index (χ1) is 8.06. The van der Waals surface area contributed by atoms with Gasteiger partial charge in [0, 0.05) is 16.2 Å². The summed E-state index contributed by atoms with van der Waals surface area (Å²) < 4.78 is 26.6. The van der Waals surface area contributed by atoms with Crippen LogP contribution in [0.2, 0.25) is 0 Å². The van der Waals surface area contributed by atoms with Crippen molar-refractivity contribution >= 4 is 15.9 Å². The van der Waals surface area contributed by atoms with Gasteiger partial charge in [-0.05, 0) is 29.8 Å². The first kappa shape index (κ1) is 12.1. The lowest BCUT2D eigenvalue weighted by Gasteiger charge is -2.11. The molecule has 1 aromatic carbocycles. The van der Waals surface area contributed by atoms with Crippen LogP contribution in [-0.4, -0.2) is 10.1 Å². The molecule has 1 heterocycles. The minimum Gasteiger partial charge on any atom is -0.384 e. The number of hydrogen-bond acceptors (Lipinski definition) is 2. The van der Waals surface area contributed by atoms with Crippen LogP contribution in [-0.2, 0) is 0 Å². The van der Waals surface area contributed by atoms with Gasteiger partial charge in [0.2, 0.25) is 0 Å². The molecule has 1 unspecified atom stereocenters. The molecular weight excluding hydrogens is 292 g/mol. The molecule has 17 heavy (non-hydrogen) atoms. The maximum absolute atomic E-state index is 13.2. The van der Waals surface area contributed by atoms with Crippen LogP contribution in [0.15, 0.2) is 41.1 Å². The standard InChI is InChI=1S/C12H8BrF2NO/c13-9-1-7(2-10(14)4-9)12(17)8-3-11(15)6-16-5-8/h1-6,12,17H. The number of hydrogen-bond donors (Lipinski definition) is 1. The van der Waals surface area contributed by atoms with Gasteiger partial charge in [-0.15, -0.1) is 0 Å². The molecule has 0 spiro atoms. The van der Waals surface area contributed by atoms with Crippen molar-refractivity contribution in [3.05, 3.63) is 63.9 Å². The van der Waals surface area contributed by atoms with Crippen LogP contribution in [0.5, 0.6) is 0 Å². The van der Waals surface area contributed by atoms with Gasteiger partial charge in [0.25, 0.3) is 0 Å². The van der Waals surface area contributed by atoms with E-state index >= 15 is 0 Å². The van der Waals surface area contributed by atoms with Crippen LogP contribution in [0.25, 0.3) is 0 Å². The fourth-order valence-electron chi connectivity index (χ4n) is 1.50.